The van der Waals surface area contributed by atoms with Crippen molar-refractivity contribution in [1.82, 2.24) is 13.5 Å². The standard InChI is InChI=1S/C14H28N4O4S.ClH/c1-11(15)8-14(19)16-4-6-17(7-5-16)23(20,21)18-9-12(2)22-13(3)10-18;/h11-13H,4-10,15H2,1-3H3;1H. The maximum atomic E-state index is 12.8. The minimum atomic E-state index is -3.50. The summed E-state index contributed by atoms with van der Waals surface area (Å²) < 4.78 is 34.1. The average Bonchev–Trinajstić information content (AvgIpc) is 2.45. The molecule has 0 aliphatic carbocycles. The SMILES string of the molecule is CC(N)CC(=O)N1CCN(S(=O)(=O)N2CC(C)OC(C)C2)CC1.Cl. The molecule has 2 fully saturated rings. The predicted molar refractivity (Wildman–Crippen MR) is 94.2 cm³/mol. The van der Waals surface area contributed by atoms with Gasteiger partial charge in [-0.05, 0) is 20.8 Å². The van der Waals surface area contributed by atoms with E-state index >= 15 is 0 Å². The lowest BCUT2D eigenvalue weighted by molar-refractivity contribution is -0.132. The summed E-state index contributed by atoms with van der Waals surface area (Å²) in [6, 6.07) is -0.180. The van der Waals surface area contributed by atoms with Crippen molar-refractivity contribution in [2.24, 2.45) is 5.73 Å². The molecular formula is C14H29ClN4O4S. The Bertz CT molecular complexity index is 513. The van der Waals surface area contributed by atoms with E-state index in [1.807, 2.05) is 13.8 Å². The molecule has 24 heavy (non-hydrogen) atoms. The highest BCUT2D eigenvalue weighted by molar-refractivity contribution is 7.86. The second-order valence-electron chi connectivity index (χ2n) is 6.54. The highest BCUT2D eigenvalue weighted by atomic mass is 35.5. The molecule has 0 aromatic carbocycles. The lowest BCUT2D eigenvalue weighted by atomic mass is 10.2. The highest BCUT2D eigenvalue weighted by Gasteiger charge is 2.37. The fraction of sp³-hybridized carbons (Fsp3) is 0.929. The van der Waals surface area contributed by atoms with Crippen molar-refractivity contribution in [1.29, 1.82) is 0 Å². The smallest absolute Gasteiger partial charge is 0.282 e. The maximum Gasteiger partial charge on any atom is 0.282 e. The molecule has 3 atom stereocenters. The zero-order valence-corrected chi connectivity index (χ0v) is 16.2. The zero-order valence-electron chi connectivity index (χ0n) is 14.6. The third-order valence-electron chi connectivity index (χ3n) is 4.13. The Labute approximate surface area is 150 Å². The molecule has 0 saturated carbocycles. The first kappa shape index (κ1) is 21.6. The molecule has 0 aromatic heterocycles. The summed E-state index contributed by atoms with van der Waals surface area (Å²) in [5.74, 6) is -0.00864. The summed E-state index contributed by atoms with van der Waals surface area (Å²) >= 11 is 0. The van der Waals surface area contributed by atoms with Crippen LogP contribution in [0.5, 0.6) is 0 Å². The number of nitrogens with zero attached hydrogens (tertiary/aromatic N) is 3. The molecule has 2 aliphatic heterocycles. The van der Waals surface area contributed by atoms with Crippen molar-refractivity contribution in [2.75, 3.05) is 39.3 Å². The van der Waals surface area contributed by atoms with Gasteiger partial charge < -0.3 is 15.4 Å². The molecule has 8 nitrogen and oxygen atoms in total. The molecule has 0 spiro atoms. The molecule has 2 aliphatic rings. The van der Waals surface area contributed by atoms with Crippen LogP contribution in [-0.2, 0) is 19.7 Å². The summed E-state index contributed by atoms with van der Waals surface area (Å²) in [6.07, 6.45) is 0.0792. The topological polar surface area (TPSA) is 96.2 Å². The van der Waals surface area contributed by atoms with Gasteiger partial charge in [-0.2, -0.15) is 17.0 Å². The van der Waals surface area contributed by atoms with Crippen LogP contribution in [0, 0.1) is 0 Å². The van der Waals surface area contributed by atoms with Gasteiger partial charge in [-0.3, -0.25) is 4.79 Å². The lowest BCUT2D eigenvalue weighted by Gasteiger charge is -2.40. The number of ether oxygens (including phenoxy) is 1. The summed E-state index contributed by atoms with van der Waals surface area (Å²) in [7, 11) is -3.50. The van der Waals surface area contributed by atoms with Gasteiger partial charge in [0.05, 0.1) is 12.2 Å². The molecule has 1 amide bonds. The molecule has 0 bridgehead atoms. The first-order valence-corrected chi connectivity index (χ1v) is 9.54. The minimum Gasteiger partial charge on any atom is -0.373 e. The van der Waals surface area contributed by atoms with E-state index in [1.165, 1.54) is 8.61 Å². The molecule has 142 valence electrons. The van der Waals surface area contributed by atoms with Crippen molar-refractivity contribution in [2.45, 2.75) is 45.4 Å². The summed E-state index contributed by atoms with van der Waals surface area (Å²) in [5, 5.41) is 0. The van der Waals surface area contributed by atoms with Gasteiger partial charge in [-0.1, -0.05) is 0 Å². The van der Waals surface area contributed by atoms with Gasteiger partial charge in [0.2, 0.25) is 5.91 Å². The quantitative estimate of drug-likeness (QED) is 0.714. The van der Waals surface area contributed by atoms with Crippen LogP contribution < -0.4 is 5.73 Å². The van der Waals surface area contributed by atoms with Crippen molar-refractivity contribution < 1.29 is 17.9 Å². The monoisotopic (exact) mass is 384 g/mol. The van der Waals surface area contributed by atoms with Gasteiger partial charge in [-0.25, -0.2) is 0 Å². The van der Waals surface area contributed by atoms with E-state index in [2.05, 4.69) is 0 Å². The van der Waals surface area contributed by atoms with E-state index in [1.54, 1.807) is 11.8 Å². The zero-order chi connectivity index (χ0) is 17.2. The van der Waals surface area contributed by atoms with Crippen LogP contribution in [0.1, 0.15) is 27.2 Å². The Morgan fingerprint density at radius 1 is 1.12 bits per heavy atom. The Morgan fingerprint density at radius 2 is 1.62 bits per heavy atom. The van der Waals surface area contributed by atoms with Crippen LogP contribution in [0.25, 0.3) is 0 Å². The Morgan fingerprint density at radius 3 is 2.08 bits per heavy atom. The van der Waals surface area contributed by atoms with Gasteiger partial charge in [-0.15, -0.1) is 12.4 Å². The van der Waals surface area contributed by atoms with Gasteiger partial charge in [0, 0.05) is 51.7 Å². The van der Waals surface area contributed by atoms with Crippen molar-refractivity contribution in [3.63, 3.8) is 0 Å². The number of halogens is 1. The third-order valence-corrected chi connectivity index (χ3v) is 6.10. The third kappa shape index (κ3) is 5.27. The Kier molecular flexibility index (Phi) is 7.89. The van der Waals surface area contributed by atoms with Gasteiger partial charge in [0.15, 0.2) is 0 Å². The van der Waals surface area contributed by atoms with Crippen LogP contribution in [0.2, 0.25) is 0 Å². The minimum absolute atomic E-state index is 0. The molecule has 3 unspecified atom stereocenters. The van der Waals surface area contributed by atoms with Gasteiger partial charge in [0.25, 0.3) is 10.2 Å². The first-order valence-electron chi connectivity index (χ1n) is 8.14. The normalized spacial score (nSPS) is 28.2. The molecular weight excluding hydrogens is 356 g/mol. The summed E-state index contributed by atoms with van der Waals surface area (Å²) in [4.78, 5) is 13.7. The molecule has 0 radical (unpaired) electrons. The van der Waals surface area contributed by atoms with E-state index in [-0.39, 0.29) is 36.6 Å². The number of rotatable bonds is 4. The van der Waals surface area contributed by atoms with E-state index < -0.39 is 10.2 Å². The van der Waals surface area contributed by atoms with Gasteiger partial charge >= 0.3 is 0 Å². The molecule has 2 rings (SSSR count). The average molecular weight is 385 g/mol. The van der Waals surface area contributed by atoms with Crippen LogP contribution in [0.15, 0.2) is 0 Å². The van der Waals surface area contributed by atoms with E-state index in [4.69, 9.17) is 10.5 Å². The molecule has 0 aromatic rings. The Hall–Kier alpha value is -0.450. The van der Waals surface area contributed by atoms with Crippen LogP contribution in [0.4, 0.5) is 0 Å². The fourth-order valence-corrected chi connectivity index (χ4v) is 4.80. The van der Waals surface area contributed by atoms with Crippen LogP contribution >= 0.6 is 12.4 Å². The van der Waals surface area contributed by atoms with E-state index in [9.17, 15) is 13.2 Å². The van der Waals surface area contributed by atoms with E-state index in [0.717, 1.165) is 0 Å². The number of morpholine rings is 1. The lowest BCUT2D eigenvalue weighted by Crippen LogP contribution is -2.57. The summed E-state index contributed by atoms with van der Waals surface area (Å²) in [6.45, 7) is 7.78. The molecule has 2 N–H and O–H groups in total. The van der Waals surface area contributed by atoms with Gasteiger partial charge in [0.1, 0.15) is 0 Å². The molecule has 10 heteroatoms. The van der Waals surface area contributed by atoms with E-state index in [0.29, 0.717) is 45.7 Å². The second-order valence-corrected chi connectivity index (χ2v) is 8.47. The molecule has 2 saturated heterocycles. The number of hydrogen-bond donors (Lipinski definition) is 1. The maximum absolute atomic E-state index is 12.8. The van der Waals surface area contributed by atoms with Crippen molar-refractivity contribution in [3.8, 4) is 0 Å². The number of carbonyl (C=O) groups is 1. The highest BCUT2D eigenvalue weighted by Crippen LogP contribution is 2.19. The Balaban J connectivity index is 0.00000288. The number of carbonyl (C=O) groups excluding carboxylic acids is 1. The van der Waals surface area contributed by atoms with Crippen molar-refractivity contribution in [3.05, 3.63) is 0 Å². The largest absolute Gasteiger partial charge is 0.373 e. The van der Waals surface area contributed by atoms with Crippen molar-refractivity contribution >= 4 is 28.5 Å². The predicted octanol–water partition coefficient (Wildman–Crippen LogP) is -0.356. The number of piperazine rings is 1. The van der Waals surface area contributed by atoms with Crippen LogP contribution in [0.3, 0.4) is 0 Å². The second kappa shape index (κ2) is 8.77. The number of hydrogen-bond acceptors (Lipinski definition) is 5. The number of amides is 1. The molecule has 2 heterocycles. The fourth-order valence-electron chi connectivity index (χ4n) is 3.06. The first-order chi connectivity index (χ1) is 10.7. The van der Waals surface area contributed by atoms with Crippen LogP contribution in [-0.4, -0.2) is 85.4 Å². The summed E-state index contributed by atoms with van der Waals surface area (Å²) in [5.41, 5.74) is 5.65. The number of nitrogens with two attached hydrogens (primary N) is 1.